The molecular weight excluding hydrogens is 356 g/mol. The minimum atomic E-state index is -3.46. The summed E-state index contributed by atoms with van der Waals surface area (Å²) < 4.78 is 25.5. The molecule has 5 nitrogen and oxygen atoms in total. The first kappa shape index (κ1) is 16.5. The molecule has 1 fully saturated rings. The predicted octanol–water partition coefficient (Wildman–Crippen LogP) is 1.42. The fraction of sp³-hybridized carbons (Fsp3) is 0.500. The molecule has 1 saturated heterocycles. The number of rotatable bonds is 4. The third-order valence-electron chi connectivity index (χ3n) is 3.60. The molecule has 0 spiro atoms. The Morgan fingerprint density at radius 3 is 2.57 bits per heavy atom. The number of benzene rings is 1. The SMILES string of the molecule is C[C@@H](CS(=O)(=O)c1ccc(Br)cc1)C(=O)N1CC[C@H](N)C1. The molecule has 21 heavy (non-hydrogen) atoms. The maximum Gasteiger partial charge on any atom is 0.226 e. The Bertz CT molecular complexity index is 616. The molecule has 0 aromatic heterocycles. The molecule has 0 bridgehead atoms. The molecule has 0 aliphatic carbocycles. The van der Waals surface area contributed by atoms with Crippen molar-refractivity contribution >= 4 is 31.7 Å². The van der Waals surface area contributed by atoms with Gasteiger partial charge < -0.3 is 10.6 Å². The number of hydrogen-bond donors (Lipinski definition) is 1. The molecule has 2 rings (SSSR count). The lowest BCUT2D eigenvalue weighted by Crippen LogP contribution is -2.37. The molecule has 1 aromatic rings. The summed E-state index contributed by atoms with van der Waals surface area (Å²) in [5.41, 5.74) is 5.78. The summed E-state index contributed by atoms with van der Waals surface area (Å²) >= 11 is 3.27. The van der Waals surface area contributed by atoms with Crippen LogP contribution < -0.4 is 5.73 Å². The average molecular weight is 375 g/mol. The minimum Gasteiger partial charge on any atom is -0.341 e. The van der Waals surface area contributed by atoms with Crippen LogP contribution in [0, 0.1) is 5.92 Å². The van der Waals surface area contributed by atoms with Crippen LogP contribution in [0.4, 0.5) is 0 Å². The Balaban J connectivity index is 2.05. The molecule has 0 radical (unpaired) electrons. The highest BCUT2D eigenvalue weighted by Crippen LogP contribution is 2.19. The van der Waals surface area contributed by atoms with Crippen molar-refractivity contribution in [1.82, 2.24) is 4.90 Å². The average Bonchev–Trinajstić information content (AvgIpc) is 2.84. The van der Waals surface area contributed by atoms with Crippen molar-refractivity contribution in [2.75, 3.05) is 18.8 Å². The molecule has 1 aliphatic rings. The van der Waals surface area contributed by atoms with Crippen LogP contribution in [-0.4, -0.2) is 44.1 Å². The lowest BCUT2D eigenvalue weighted by molar-refractivity contribution is -0.133. The number of amides is 1. The zero-order chi connectivity index (χ0) is 15.6. The van der Waals surface area contributed by atoms with Gasteiger partial charge in [0.15, 0.2) is 9.84 Å². The van der Waals surface area contributed by atoms with Crippen LogP contribution in [0.25, 0.3) is 0 Å². The third kappa shape index (κ3) is 4.05. The standard InChI is InChI=1S/C14H19BrN2O3S/c1-10(14(18)17-7-6-12(16)8-17)9-21(19,20)13-4-2-11(15)3-5-13/h2-5,10,12H,6-9,16H2,1H3/t10-,12-/m0/s1. The van der Waals surface area contributed by atoms with Crippen molar-refractivity contribution < 1.29 is 13.2 Å². The maximum absolute atomic E-state index is 12.3. The van der Waals surface area contributed by atoms with Gasteiger partial charge >= 0.3 is 0 Å². The van der Waals surface area contributed by atoms with Gasteiger partial charge in [-0.15, -0.1) is 0 Å². The molecule has 0 unspecified atom stereocenters. The summed E-state index contributed by atoms with van der Waals surface area (Å²) in [4.78, 5) is 14.2. The topological polar surface area (TPSA) is 80.5 Å². The number of nitrogens with zero attached hydrogens (tertiary/aromatic N) is 1. The van der Waals surface area contributed by atoms with Gasteiger partial charge in [-0.25, -0.2) is 8.42 Å². The monoisotopic (exact) mass is 374 g/mol. The zero-order valence-electron chi connectivity index (χ0n) is 11.8. The number of hydrogen-bond acceptors (Lipinski definition) is 4. The van der Waals surface area contributed by atoms with Crippen molar-refractivity contribution in [3.63, 3.8) is 0 Å². The van der Waals surface area contributed by atoms with E-state index in [1.165, 1.54) is 0 Å². The van der Waals surface area contributed by atoms with Crippen LogP contribution in [0.15, 0.2) is 33.6 Å². The van der Waals surface area contributed by atoms with E-state index in [0.29, 0.717) is 13.1 Å². The second kappa shape index (κ2) is 6.46. The molecule has 0 saturated carbocycles. The Hall–Kier alpha value is -0.920. The van der Waals surface area contributed by atoms with Gasteiger partial charge in [-0.2, -0.15) is 0 Å². The third-order valence-corrected chi connectivity index (χ3v) is 6.06. The number of likely N-dealkylation sites (tertiary alicyclic amines) is 1. The van der Waals surface area contributed by atoms with Crippen molar-refractivity contribution in [2.24, 2.45) is 11.7 Å². The Morgan fingerprint density at radius 2 is 2.05 bits per heavy atom. The van der Waals surface area contributed by atoms with Gasteiger partial charge in [-0.3, -0.25) is 4.79 Å². The maximum atomic E-state index is 12.3. The summed E-state index contributed by atoms with van der Waals surface area (Å²) in [5.74, 6) is -0.883. The highest BCUT2D eigenvalue weighted by molar-refractivity contribution is 9.10. The summed E-state index contributed by atoms with van der Waals surface area (Å²) in [7, 11) is -3.46. The second-order valence-electron chi connectivity index (χ2n) is 5.47. The van der Waals surface area contributed by atoms with E-state index in [1.807, 2.05) is 0 Å². The van der Waals surface area contributed by atoms with Gasteiger partial charge in [0.2, 0.25) is 5.91 Å². The Labute approximate surface area is 133 Å². The van der Waals surface area contributed by atoms with Crippen LogP contribution in [0.5, 0.6) is 0 Å². The Kier molecular flexibility index (Phi) is 5.06. The van der Waals surface area contributed by atoms with E-state index in [2.05, 4.69) is 15.9 Å². The van der Waals surface area contributed by atoms with E-state index < -0.39 is 15.8 Å². The van der Waals surface area contributed by atoms with Crippen LogP contribution in [0.1, 0.15) is 13.3 Å². The molecule has 1 heterocycles. The fourth-order valence-electron chi connectivity index (χ4n) is 2.44. The quantitative estimate of drug-likeness (QED) is 0.863. The second-order valence-corrected chi connectivity index (χ2v) is 8.42. The van der Waals surface area contributed by atoms with Gasteiger partial charge in [0.05, 0.1) is 10.6 Å². The number of carbonyl (C=O) groups excluding carboxylic acids is 1. The summed E-state index contributed by atoms with van der Waals surface area (Å²) in [5, 5.41) is 0. The van der Waals surface area contributed by atoms with Gasteiger partial charge in [0.25, 0.3) is 0 Å². The zero-order valence-corrected chi connectivity index (χ0v) is 14.2. The highest BCUT2D eigenvalue weighted by atomic mass is 79.9. The van der Waals surface area contributed by atoms with E-state index in [0.717, 1.165) is 10.9 Å². The lowest BCUT2D eigenvalue weighted by Gasteiger charge is -2.20. The molecule has 116 valence electrons. The van der Waals surface area contributed by atoms with E-state index in [-0.39, 0.29) is 22.6 Å². The fourth-order valence-corrected chi connectivity index (χ4v) is 4.25. The van der Waals surface area contributed by atoms with Crippen LogP contribution >= 0.6 is 15.9 Å². The van der Waals surface area contributed by atoms with E-state index in [1.54, 1.807) is 36.1 Å². The van der Waals surface area contributed by atoms with E-state index >= 15 is 0 Å². The van der Waals surface area contributed by atoms with Gasteiger partial charge in [-0.05, 0) is 30.7 Å². The van der Waals surface area contributed by atoms with Crippen LogP contribution in [-0.2, 0) is 14.6 Å². The van der Waals surface area contributed by atoms with Gasteiger partial charge in [-0.1, -0.05) is 22.9 Å². The summed E-state index contributed by atoms with van der Waals surface area (Å²) in [6, 6.07) is 6.45. The predicted molar refractivity (Wildman–Crippen MR) is 84.5 cm³/mol. The molecule has 1 aromatic carbocycles. The smallest absolute Gasteiger partial charge is 0.226 e. The van der Waals surface area contributed by atoms with Gasteiger partial charge in [0, 0.05) is 29.5 Å². The number of nitrogens with two attached hydrogens (primary N) is 1. The number of carbonyl (C=O) groups is 1. The van der Waals surface area contributed by atoms with E-state index in [4.69, 9.17) is 5.73 Å². The number of sulfone groups is 1. The summed E-state index contributed by atoms with van der Waals surface area (Å²) in [6.07, 6.45) is 0.776. The largest absolute Gasteiger partial charge is 0.341 e. The first-order valence-electron chi connectivity index (χ1n) is 6.82. The highest BCUT2D eigenvalue weighted by Gasteiger charge is 2.30. The van der Waals surface area contributed by atoms with Crippen LogP contribution in [0.3, 0.4) is 0 Å². The van der Waals surface area contributed by atoms with Crippen LogP contribution in [0.2, 0.25) is 0 Å². The lowest BCUT2D eigenvalue weighted by atomic mass is 10.2. The first-order valence-corrected chi connectivity index (χ1v) is 9.27. The molecule has 2 N–H and O–H groups in total. The number of halogens is 1. The molecule has 1 amide bonds. The minimum absolute atomic E-state index is 0.00392. The van der Waals surface area contributed by atoms with Crippen molar-refractivity contribution in [3.05, 3.63) is 28.7 Å². The molecule has 1 aliphatic heterocycles. The van der Waals surface area contributed by atoms with Crippen molar-refractivity contribution in [3.8, 4) is 0 Å². The van der Waals surface area contributed by atoms with Crippen molar-refractivity contribution in [1.29, 1.82) is 0 Å². The normalized spacial score (nSPS) is 20.5. The van der Waals surface area contributed by atoms with Crippen molar-refractivity contribution in [2.45, 2.75) is 24.3 Å². The Morgan fingerprint density at radius 1 is 1.43 bits per heavy atom. The first-order chi connectivity index (χ1) is 9.79. The van der Waals surface area contributed by atoms with E-state index in [9.17, 15) is 13.2 Å². The summed E-state index contributed by atoms with van der Waals surface area (Å²) in [6.45, 7) is 2.78. The molecule has 2 atom stereocenters. The molecule has 7 heteroatoms. The molecular formula is C14H19BrN2O3S. The van der Waals surface area contributed by atoms with Gasteiger partial charge in [0.1, 0.15) is 0 Å².